The van der Waals surface area contributed by atoms with E-state index in [1.165, 1.54) is 0 Å². The Labute approximate surface area is 93.1 Å². The number of nitriles is 2. The van der Waals surface area contributed by atoms with Gasteiger partial charge in [0.15, 0.2) is 0 Å². The molecule has 0 fully saturated rings. The first-order chi connectivity index (χ1) is 7.67. The van der Waals surface area contributed by atoms with E-state index in [-0.39, 0.29) is 12.3 Å². The van der Waals surface area contributed by atoms with Crippen LogP contribution in [-0.2, 0) is 4.79 Å². The summed E-state index contributed by atoms with van der Waals surface area (Å²) in [5.41, 5.74) is 6.32. The lowest BCUT2D eigenvalue weighted by atomic mass is 10.1. The highest BCUT2D eigenvalue weighted by Gasteiger charge is 2.02. The summed E-state index contributed by atoms with van der Waals surface area (Å²) in [4.78, 5) is 10.5. The molecule has 1 aromatic carbocycles. The largest absolute Gasteiger partial charge is 0.384 e. The molecule has 0 atom stereocenters. The van der Waals surface area contributed by atoms with Gasteiger partial charge in [-0.25, -0.2) is 0 Å². The van der Waals surface area contributed by atoms with Gasteiger partial charge in [-0.2, -0.15) is 10.5 Å². The van der Waals surface area contributed by atoms with Crippen molar-refractivity contribution < 1.29 is 4.79 Å². The molecule has 80 valence electrons. The maximum Gasteiger partial charge on any atom is 0.219 e. The van der Waals surface area contributed by atoms with E-state index in [4.69, 9.17) is 16.3 Å². The quantitative estimate of drug-likeness (QED) is 0.770. The molecule has 0 spiro atoms. The van der Waals surface area contributed by atoms with Crippen molar-refractivity contribution in [2.45, 2.75) is 6.42 Å². The van der Waals surface area contributed by atoms with Crippen LogP contribution < -0.4 is 11.1 Å². The second kappa shape index (κ2) is 5.38. The Morgan fingerprint density at radius 1 is 1.31 bits per heavy atom. The summed E-state index contributed by atoms with van der Waals surface area (Å²) in [6.07, 6.45) is 0.224. The zero-order chi connectivity index (χ0) is 12.0. The minimum absolute atomic E-state index is 0.224. The monoisotopic (exact) mass is 214 g/mol. The van der Waals surface area contributed by atoms with E-state index in [1.807, 2.05) is 12.1 Å². The van der Waals surface area contributed by atoms with Gasteiger partial charge in [0.2, 0.25) is 5.91 Å². The van der Waals surface area contributed by atoms with Crippen LogP contribution in [0.15, 0.2) is 18.2 Å². The Kier molecular flexibility index (Phi) is 3.88. The average Bonchev–Trinajstić information content (AvgIpc) is 2.28. The molecule has 16 heavy (non-hydrogen) atoms. The number of nitrogens with two attached hydrogens (primary N) is 1. The summed E-state index contributed by atoms with van der Waals surface area (Å²) < 4.78 is 0. The molecular formula is C11H10N4O. The summed E-state index contributed by atoms with van der Waals surface area (Å²) in [7, 11) is 0. The fourth-order valence-corrected chi connectivity index (χ4v) is 1.17. The minimum Gasteiger partial charge on any atom is -0.384 e. The molecule has 1 rings (SSSR count). The Morgan fingerprint density at radius 2 is 2.00 bits per heavy atom. The molecule has 0 aromatic heterocycles. The molecule has 0 saturated carbocycles. The highest BCUT2D eigenvalue weighted by molar-refractivity contribution is 5.74. The molecule has 0 aliphatic rings. The minimum atomic E-state index is -0.387. The standard InChI is InChI=1S/C11H10N4O/c12-6-8-1-2-10(5-9(8)7-13)15-4-3-11(14)16/h1-2,5,15H,3-4H2,(H2,14,16). The predicted octanol–water partition coefficient (Wildman–Crippen LogP) is 0.717. The molecular weight excluding hydrogens is 204 g/mol. The molecule has 0 saturated heterocycles. The number of benzene rings is 1. The Balaban J connectivity index is 2.74. The van der Waals surface area contributed by atoms with Gasteiger partial charge in [0.25, 0.3) is 0 Å². The molecule has 0 heterocycles. The third-order valence-corrected chi connectivity index (χ3v) is 1.96. The van der Waals surface area contributed by atoms with Gasteiger partial charge in [0, 0.05) is 18.7 Å². The smallest absolute Gasteiger partial charge is 0.219 e. The number of amides is 1. The van der Waals surface area contributed by atoms with Gasteiger partial charge in [-0.3, -0.25) is 4.79 Å². The average molecular weight is 214 g/mol. The van der Waals surface area contributed by atoms with Crippen molar-refractivity contribution in [1.82, 2.24) is 0 Å². The number of hydrogen-bond donors (Lipinski definition) is 2. The van der Waals surface area contributed by atoms with Gasteiger partial charge in [0.05, 0.1) is 11.1 Å². The maximum absolute atomic E-state index is 10.5. The molecule has 5 nitrogen and oxygen atoms in total. The van der Waals surface area contributed by atoms with Crippen molar-refractivity contribution >= 4 is 11.6 Å². The van der Waals surface area contributed by atoms with Crippen molar-refractivity contribution in [2.75, 3.05) is 11.9 Å². The highest BCUT2D eigenvalue weighted by atomic mass is 16.1. The third kappa shape index (κ3) is 3.00. The third-order valence-electron chi connectivity index (χ3n) is 1.96. The maximum atomic E-state index is 10.5. The van der Waals surface area contributed by atoms with Crippen LogP contribution in [0, 0.1) is 22.7 Å². The van der Waals surface area contributed by atoms with Crippen LogP contribution in [0.1, 0.15) is 17.5 Å². The van der Waals surface area contributed by atoms with Crippen molar-refractivity contribution in [3.63, 3.8) is 0 Å². The van der Waals surface area contributed by atoms with Gasteiger partial charge >= 0.3 is 0 Å². The molecule has 0 radical (unpaired) electrons. The number of nitrogens with one attached hydrogen (secondary N) is 1. The first kappa shape index (κ1) is 11.5. The molecule has 3 N–H and O–H groups in total. The van der Waals surface area contributed by atoms with E-state index in [1.54, 1.807) is 18.2 Å². The lowest BCUT2D eigenvalue weighted by Gasteiger charge is -2.05. The van der Waals surface area contributed by atoms with E-state index in [0.717, 1.165) is 0 Å². The van der Waals surface area contributed by atoms with E-state index < -0.39 is 0 Å². The fourth-order valence-electron chi connectivity index (χ4n) is 1.17. The summed E-state index contributed by atoms with van der Waals surface area (Å²) in [5, 5.41) is 20.4. The van der Waals surface area contributed by atoms with Crippen LogP contribution >= 0.6 is 0 Å². The molecule has 1 aromatic rings. The Hall–Kier alpha value is -2.53. The molecule has 0 unspecified atom stereocenters. The molecule has 5 heteroatoms. The summed E-state index contributed by atoms with van der Waals surface area (Å²) in [6.45, 7) is 0.409. The zero-order valence-electron chi connectivity index (χ0n) is 8.53. The zero-order valence-corrected chi connectivity index (χ0v) is 8.53. The normalized spacial score (nSPS) is 8.88. The number of anilines is 1. The lowest BCUT2D eigenvalue weighted by molar-refractivity contribution is -0.117. The number of carbonyl (C=O) groups is 1. The second-order valence-electron chi connectivity index (χ2n) is 3.13. The van der Waals surface area contributed by atoms with Crippen LogP contribution in [0.3, 0.4) is 0 Å². The van der Waals surface area contributed by atoms with Crippen molar-refractivity contribution in [3.05, 3.63) is 29.3 Å². The second-order valence-corrected chi connectivity index (χ2v) is 3.13. The van der Waals surface area contributed by atoms with Crippen LogP contribution in [-0.4, -0.2) is 12.5 Å². The molecule has 0 aliphatic carbocycles. The molecule has 0 aliphatic heterocycles. The number of hydrogen-bond acceptors (Lipinski definition) is 4. The number of rotatable bonds is 4. The molecule has 0 bridgehead atoms. The molecule has 1 amide bonds. The van der Waals surface area contributed by atoms with E-state index in [9.17, 15) is 4.79 Å². The van der Waals surface area contributed by atoms with Crippen LogP contribution in [0.2, 0.25) is 0 Å². The van der Waals surface area contributed by atoms with Crippen molar-refractivity contribution in [3.8, 4) is 12.1 Å². The first-order valence-corrected chi connectivity index (χ1v) is 4.64. The number of primary amides is 1. The van der Waals surface area contributed by atoms with Crippen molar-refractivity contribution in [1.29, 1.82) is 10.5 Å². The van der Waals surface area contributed by atoms with Gasteiger partial charge < -0.3 is 11.1 Å². The van der Waals surface area contributed by atoms with Gasteiger partial charge in [-0.05, 0) is 18.2 Å². The highest BCUT2D eigenvalue weighted by Crippen LogP contribution is 2.14. The fraction of sp³-hybridized carbons (Fsp3) is 0.182. The van der Waals surface area contributed by atoms with Crippen LogP contribution in [0.25, 0.3) is 0 Å². The van der Waals surface area contributed by atoms with Crippen LogP contribution in [0.4, 0.5) is 5.69 Å². The van der Waals surface area contributed by atoms with Crippen LogP contribution in [0.5, 0.6) is 0 Å². The van der Waals surface area contributed by atoms with E-state index in [2.05, 4.69) is 5.32 Å². The van der Waals surface area contributed by atoms with E-state index >= 15 is 0 Å². The summed E-state index contributed by atoms with van der Waals surface area (Å²) >= 11 is 0. The SMILES string of the molecule is N#Cc1ccc(NCCC(N)=O)cc1C#N. The predicted molar refractivity (Wildman–Crippen MR) is 58.2 cm³/mol. The van der Waals surface area contributed by atoms with Gasteiger partial charge in [0.1, 0.15) is 12.1 Å². The first-order valence-electron chi connectivity index (χ1n) is 4.64. The Bertz CT molecular complexity index is 482. The van der Waals surface area contributed by atoms with Crippen molar-refractivity contribution in [2.24, 2.45) is 5.73 Å². The number of nitrogens with zero attached hydrogens (tertiary/aromatic N) is 2. The Morgan fingerprint density at radius 3 is 2.56 bits per heavy atom. The summed E-state index contributed by atoms with van der Waals surface area (Å²) in [5.74, 6) is -0.387. The van der Waals surface area contributed by atoms with Gasteiger partial charge in [-0.1, -0.05) is 0 Å². The van der Waals surface area contributed by atoms with Gasteiger partial charge in [-0.15, -0.1) is 0 Å². The van der Waals surface area contributed by atoms with E-state index in [0.29, 0.717) is 23.4 Å². The summed E-state index contributed by atoms with van der Waals surface area (Å²) in [6, 6.07) is 8.67. The number of carbonyl (C=O) groups excluding carboxylic acids is 1. The topological polar surface area (TPSA) is 103 Å². The lowest BCUT2D eigenvalue weighted by Crippen LogP contribution is -2.15.